The van der Waals surface area contributed by atoms with Crippen molar-refractivity contribution in [1.82, 2.24) is 0 Å². The number of aliphatic hydroxyl groups excluding tert-OH is 2. The first-order valence-corrected chi connectivity index (χ1v) is 12.9. The number of ketones is 1. The Hall–Kier alpha value is -4.93. The lowest BCUT2D eigenvalue weighted by atomic mass is 9.92. The van der Waals surface area contributed by atoms with Gasteiger partial charge < -0.3 is 44.5 Å². The minimum absolute atomic E-state index is 0.00413. The molecule has 0 bridgehead atoms. The molecule has 0 spiro atoms. The van der Waals surface area contributed by atoms with Crippen LogP contribution in [0.5, 0.6) is 40.2 Å². The third-order valence-corrected chi connectivity index (χ3v) is 7.04. The highest BCUT2D eigenvalue weighted by Gasteiger charge is 2.44. The molecular weight excluding hydrogens is 532 g/mol. The van der Waals surface area contributed by atoms with Gasteiger partial charge in [0.2, 0.25) is 6.10 Å². The lowest BCUT2D eigenvalue weighted by molar-refractivity contribution is -0.0128. The van der Waals surface area contributed by atoms with Crippen molar-refractivity contribution in [3.63, 3.8) is 0 Å². The van der Waals surface area contributed by atoms with Gasteiger partial charge in [0.15, 0.2) is 46.9 Å². The predicted octanol–water partition coefficient (Wildman–Crippen LogP) is 3.64. The smallest absolute Gasteiger partial charge is 0.363 e. The Morgan fingerprint density at radius 2 is 1.46 bits per heavy atom. The molecule has 4 aromatic carbocycles. The SMILES string of the molecule is OCC1Oc2ccc([C@H]3Oc4cc(O)cc(O)c4C(=[OH+])[C@@H]3O)cc2OC1c1ccc(O)c(OCc2ccccc2)c1. The zero-order valence-electron chi connectivity index (χ0n) is 21.5. The highest BCUT2D eigenvalue weighted by molar-refractivity contribution is 6.06. The standard InChI is InChI=1S/C31H26O10/c32-14-26-30(17-6-8-20(34)23(10-17)38-15-16-4-2-1-3-5-16)40-24-11-18(7-9-22(24)39-26)31-29(37)28(36)27-21(35)12-19(33)13-25(27)41-31/h1-13,26,29-35,37H,14-15H2/p+1/t26?,29-,30?,31+/m0/s1. The van der Waals surface area contributed by atoms with E-state index in [4.69, 9.17) is 18.9 Å². The third kappa shape index (κ3) is 4.94. The number of carbonyl (C=O) groups excluding carboxylic acids is 1. The van der Waals surface area contributed by atoms with Crippen LogP contribution in [-0.2, 0) is 6.61 Å². The first-order valence-electron chi connectivity index (χ1n) is 12.9. The Morgan fingerprint density at radius 1 is 0.732 bits per heavy atom. The van der Waals surface area contributed by atoms with Gasteiger partial charge in [-0.25, -0.2) is 0 Å². The van der Waals surface area contributed by atoms with Crippen LogP contribution < -0.4 is 18.9 Å². The Morgan fingerprint density at radius 3 is 2.24 bits per heavy atom. The first-order chi connectivity index (χ1) is 19.8. The average Bonchev–Trinajstić information content (AvgIpc) is 2.97. The summed E-state index contributed by atoms with van der Waals surface area (Å²) in [6.45, 7) is -0.119. The normalized spacial score (nSPS) is 21.1. The van der Waals surface area contributed by atoms with Gasteiger partial charge in [0, 0.05) is 17.7 Å². The zero-order valence-corrected chi connectivity index (χ0v) is 21.5. The van der Waals surface area contributed by atoms with E-state index in [1.54, 1.807) is 30.3 Å². The van der Waals surface area contributed by atoms with Crippen molar-refractivity contribution in [2.45, 2.75) is 31.0 Å². The van der Waals surface area contributed by atoms with Crippen molar-refractivity contribution in [2.75, 3.05) is 6.61 Å². The molecule has 6 rings (SSSR count). The molecule has 0 radical (unpaired) electrons. The van der Waals surface area contributed by atoms with Gasteiger partial charge in [-0.15, -0.1) is 0 Å². The summed E-state index contributed by atoms with van der Waals surface area (Å²) in [7, 11) is 0. The van der Waals surface area contributed by atoms with Crippen LogP contribution in [0.2, 0.25) is 0 Å². The lowest BCUT2D eigenvalue weighted by Crippen LogP contribution is -2.38. The van der Waals surface area contributed by atoms with E-state index >= 15 is 0 Å². The molecule has 4 atom stereocenters. The Balaban J connectivity index is 1.28. The molecule has 2 aliphatic heterocycles. The second-order valence-electron chi connectivity index (χ2n) is 9.79. The summed E-state index contributed by atoms with van der Waals surface area (Å²) in [6, 6.07) is 21.3. The van der Waals surface area contributed by atoms with E-state index in [1.807, 2.05) is 30.3 Å². The summed E-state index contributed by atoms with van der Waals surface area (Å²) >= 11 is 0. The van der Waals surface area contributed by atoms with E-state index in [0.717, 1.165) is 11.6 Å². The lowest BCUT2D eigenvalue weighted by Gasteiger charge is -2.34. The topological polar surface area (TPSA) is 159 Å². The number of hydrogen-bond acceptors (Lipinski definition) is 9. The number of phenolic OH excluding ortho intramolecular Hbond substituents is 3. The number of aromatic hydroxyl groups is 3. The summed E-state index contributed by atoms with van der Waals surface area (Å²) in [5, 5.41) is 51.3. The van der Waals surface area contributed by atoms with Gasteiger partial charge in [0.1, 0.15) is 23.9 Å². The number of rotatable bonds is 6. The molecule has 0 saturated carbocycles. The number of aliphatic hydroxyl groups is 2. The summed E-state index contributed by atoms with van der Waals surface area (Å²) in [6.07, 6.45) is -4.18. The van der Waals surface area contributed by atoms with Crippen molar-refractivity contribution in [3.05, 3.63) is 101 Å². The van der Waals surface area contributed by atoms with Crippen LogP contribution in [0.4, 0.5) is 0 Å². The maximum absolute atomic E-state index is 10.8. The van der Waals surface area contributed by atoms with Crippen LogP contribution in [-0.4, -0.2) is 54.9 Å². The molecule has 0 aromatic heterocycles. The fraction of sp³-hybridized carbons (Fsp3) is 0.194. The Kier molecular flexibility index (Phi) is 6.78. The van der Waals surface area contributed by atoms with Crippen LogP contribution in [0.25, 0.3) is 0 Å². The summed E-state index contributed by atoms with van der Waals surface area (Å²) in [4.78, 5) is 10.6. The maximum Gasteiger partial charge on any atom is 0.363 e. The summed E-state index contributed by atoms with van der Waals surface area (Å²) in [5.74, 6) is -0.400. The molecule has 6 N–H and O–H groups in total. The molecule has 0 aliphatic carbocycles. The van der Waals surface area contributed by atoms with Gasteiger partial charge in [-0.1, -0.05) is 42.5 Å². The van der Waals surface area contributed by atoms with Gasteiger partial charge in [-0.05, 0) is 35.4 Å². The molecule has 2 unspecified atom stereocenters. The van der Waals surface area contributed by atoms with E-state index in [-0.39, 0.29) is 47.5 Å². The monoisotopic (exact) mass is 559 g/mol. The highest BCUT2D eigenvalue weighted by Crippen LogP contribution is 2.45. The van der Waals surface area contributed by atoms with Crippen LogP contribution in [0.15, 0.2) is 78.9 Å². The molecule has 2 aliphatic rings. The molecule has 4 aromatic rings. The summed E-state index contributed by atoms with van der Waals surface area (Å²) in [5.41, 5.74) is 1.82. The molecule has 0 fully saturated rings. The third-order valence-electron chi connectivity index (χ3n) is 7.04. The summed E-state index contributed by atoms with van der Waals surface area (Å²) < 4.78 is 24.0. The number of benzene rings is 4. The van der Waals surface area contributed by atoms with E-state index in [2.05, 4.69) is 0 Å². The molecule has 0 amide bonds. The quantitative estimate of drug-likeness (QED) is 0.222. The number of phenols is 3. The van der Waals surface area contributed by atoms with Crippen molar-refractivity contribution in [1.29, 1.82) is 0 Å². The van der Waals surface area contributed by atoms with Gasteiger partial charge in [-0.3, -0.25) is 4.79 Å². The molecule has 41 heavy (non-hydrogen) atoms. The van der Waals surface area contributed by atoms with Crippen LogP contribution in [0, 0.1) is 0 Å². The van der Waals surface area contributed by atoms with Crippen molar-refractivity contribution in [3.8, 4) is 40.2 Å². The minimum Gasteiger partial charge on any atom is -0.508 e. The maximum atomic E-state index is 10.8. The molecular formula is C31H27O10+. The number of hydrogen-bond donors (Lipinski definition) is 5. The highest BCUT2D eigenvalue weighted by atomic mass is 16.6. The Bertz CT molecular complexity index is 1600. The van der Waals surface area contributed by atoms with Crippen molar-refractivity contribution < 1.29 is 49.3 Å². The van der Waals surface area contributed by atoms with Crippen molar-refractivity contribution in [2.24, 2.45) is 0 Å². The van der Waals surface area contributed by atoms with Gasteiger partial charge in [0.05, 0.1) is 6.61 Å². The molecule has 10 nitrogen and oxygen atoms in total. The minimum atomic E-state index is -1.53. The largest absolute Gasteiger partial charge is 0.508 e. The fourth-order valence-corrected chi connectivity index (χ4v) is 4.98. The average molecular weight is 560 g/mol. The second-order valence-corrected chi connectivity index (χ2v) is 9.79. The zero-order chi connectivity index (χ0) is 28.7. The van der Waals surface area contributed by atoms with Gasteiger partial charge >= 0.3 is 5.78 Å². The van der Waals surface area contributed by atoms with Crippen LogP contribution in [0.1, 0.15) is 34.5 Å². The molecule has 210 valence electrons. The van der Waals surface area contributed by atoms with E-state index in [1.165, 1.54) is 12.1 Å². The van der Waals surface area contributed by atoms with E-state index in [0.29, 0.717) is 16.9 Å². The number of fused-ring (bicyclic) bond motifs is 2. The Labute approximate surface area is 234 Å². The predicted molar refractivity (Wildman–Crippen MR) is 145 cm³/mol. The first kappa shape index (κ1) is 26.3. The van der Waals surface area contributed by atoms with Gasteiger partial charge in [0.25, 0.3) is 0 Å². The molecule has 2 heterocycles. The fourth-order valence-electron chi connectivity index (χ4n) is 4.98. The van der Waals surface area contributed by atoms with Crippen LogP contribution >= 0.6 is 0 Å². The van der Waals surface area contributed by atoms with Crippen LogP contribution in [0.3, 0.4) is 0 Å². The van der Waals surface area contributed by atoms with Crippen molar-refractivity contribution >= 4 is 5.78 Å². The van der Waals surface area contributed by atoms with Gasteiger partial charge in [-0.2, -0.15) is 0 Å². The number of ether oxygens (including phenoxy) is 4. The molecule has 10 heteroatoms. The molecule has 0 saturated heterocycles. The second kappa shape index (κ2) is 10.6. The van der Waals surface area contributed by atoms with E-state index < -0.39 is 35.9 Å². The van der Waals surface area contributed by atoms with E-state index in [9.17, 15) is 30.3 Å².